The Morgan fingerprint density at radius 1 is 1.08 bits per heavy atom. The molecule has 0 aliphatic rings. The lowest BCUT2D eigenvalue weighted by Gasteiger charge is -2.35. The molecule has 14 heteroatoms. The van der Waals surface area contributed by atoms with E-state index in [2.05, 4.69) is 4.98 Å². The molecule has 1 amide bonds. The van der Waals surface area contributed by atoms with Crippen molar-refractivity contribution in [2.45, 2.75) is 29.9 Å². The summed E-state index contributed by atoms with van der Waals surface area (Å²) in [6.07, 6.45) is -4.77. The number of amides is 1. The van der Waals surface area contributed by atoms with Gasteiger partial charge in [-0.2, -0.15) is 39.2 Å². The van der Waals surface area contributed by atoms with Crippen LogP contribution in [0, 0.1) is 0 Å². The maximum atomic E-state index is 13.6. The van der Waals surface area contributed by atoms with Crippen molar-refractivity contribution in [3.8, 4) is 0 Å². The molecular weight excluding hydrogens is 392 g/mol. The number of nitrogens with one attached hydrogen (secondary N) is 1. The molecule has 0 aliphatic heterocycles. The number of aromatic nitrogens is 1. The van der Waals surface area contributed by atoms with Gasteiger partial charge in [-0.1, -0.05) is 0 Å². The van der Waals surface area contributed by atoms with Gasteiger partial charge in [-0.25, -0.2) is 9.11 Å². The molecule has 0 saturated carbocycles. The van der Waals surface area contributed by atoms with E-state index in [1.165, 1.54) is 0 Å². The Morgan fingerprint density at radius 3 is 2.00 bits per heavy atom. The van der Waals surface area contributed by atoms with Crippen molar-refractivity contribution in [1.29, 1.82) is 0 Å². The molecule has 1 unspecified atom stereocenters. The van der Waals surface area contributed by atoms with Crippen LogP contribution in [0.15, 0.2) is 24.5 Å². The van der Waals surface area contributed by atoms with Crippen LogP contribution in [0.25, 0.3) is 0 Å². The van der Waals surface area contributed by atoms with Gasteiger partial charge in [0.2, 0.25) is 0 Å². The fourth-order valence-electron chi connectivity index (χ4n) is 1.36. The van der Waals surface area contributed by atoms with Crippen LogP contribution < -0.4 is 4.72 Å². The van der Waals surface area contributed by atoms with Crippen molar-refractivity contribution in [2.24, 2.45) is 0 Å². The Morgan fingerprint density at radius 2 is 1.60 bits per heavy atom. The molecule has 1 aromatic heterocycles. The standard InChI is InChI=1S/C11H8F8N2O3S/c1-8(12,10(15,16)17)9(13,14)11(18,19)25(23,24)21-7(22)6-3-2-4-20-5-6/h2-5H,1H3,(H,21,22). The van der Waals surface area contributed by atoms with Crippen LogP contribution in [-0.2, 0) is 10.0 Å². The number of hydrogen-bond donors (Lipinski definition) is 1. The SMILES string of the molecule is CC(F)(C(F)(F)F)C(F)(F)C(F)(F)S(=O)(=O)NC(=O)c1cccnc1. The van der Waals surface area contributed by atoms with Crippen molar-refractivity contribution in [3.63, 3.8) is 0 Å². The van der Waals surface area contributed by atoms with Gasteiger partial charge in [0.05, 0.1) is 5.56 Å². The third-order valence-electron chi connectivity index (χ3n) is 2.98. The van der Waals surface area contributed by atoms with E-state index in [1.807, 2.05) is 0 Å². The largest absolute Gasteiger partial charge is 0.429 e. The van der Waals surface area contributed by atoms with Crippen LogP contribution in [-0.4, -0.2) is 42.3 Å². The molecule has 142 valence electrons. The second-order valence-electron chi connectivity index (χ2n) is 4.77. The highest BCUT2D eigenvalue weighted by Gasteiger charge is 2.81. The third kappa shape index (κ3) is 3.39. The molecule has 1 aromatic rings. The van der Waals surface area contributed by atoms with Crippen molar-refractivity contribution in [1.82, 2.24) is 9.71 Å². The van der Waals surface area contributed by atoms with Crippen LogP contribution in [0.3, 0.4) is 0 Å². The van der Waals surface area contributed by atoms with Gasteiger partial charge in [0, 0.05) is 12.4 Å². The molecule has 1 N–H and O–H groups in total. The fourth-order valence-corrected chi connectivity index (χ4v) is 2.38. The highest BCUT2D eigenvalue weighted by atomic mass is 32.2. The van der Waals surface area contributed by atoms with Gasteiger partial charge in [0.25, 0.3) is 11.6 Å². The maximum Gasteiger partial charge on any atom is 0.429 e. The molecule has 0 bridgehead atoms. The van der Waals surface area contributed by atoms with Crippen LogP contribution >= 0.6 is 0 Å². The summed E-state index contributed by atoms with van der Waals surface area (Å²) in [5.74, 6) is -8.63. The van der Waals surface area contributed by atoms with Crippen molar-refractivity contribution in [3.05, 3.63) is 30.1 Å². The van der Waals surface area contributed by atoms with Crippen molar-refractivity contribution in [2.75, 3.05) is 0 Å². The average molecular weight is 400 g/mol. The molecule has 0 radical (unpaired) electrons. The molecular formula is C11H8F8N2O3S. The van der Waals surface area contributed by atoms with Crippen LogP contribution in [0.2, 0.25) is 0 Å². The molecule has 0 saturated heterocycles. The molecule has 25 heavy (non-hydrogen) atoms. The van der Waals surface area contributed by atoms with Gasteiger partial charge in [0.15, 0.2) is 0 Å². The summed E-state index contributed by atoms with van der Waals surface area (Å²) < 4.78 is 127. The molecule has 0 aliphatic carbocycles. The normalized spacial score (nSPS) is 16.2. The summed E-state index contributed by atoms with van der Waals surface area (Å²) in [5.41, 5.74) is -6.58. The molecule has 1 heterocycles. The Bertz CT molecular complexity index is 746. The number of alkyl halides is 8. The maximum absolute atomic E-state index is 13.6. The van der Waals surface area contributed by atoms with E-state index < -0.39 is 51.4 Å². The number of rotatable bonds is 5. The third-order valence-corrected chi connectivity index (χ3v) is 4.36. The Kier molecular flexibility index (Phi) is 5.11. The van der Waals surface area contributed by atoms with Gasteiger partial charge in [0.1, 0.15) is 0 Å². The van der Waals surface area contributed by atoms with E-state index >= 15 is 0 Å². The van der Waals surface area contributed by atoms with E-state index in [0.29, 0.717) is 10.9 Å². The van der Waals surface area contributed by atoms with Gasteiger partial charge in [-0.3, -0.25) is 9.78 Å². The van der Waals surface area contributed by atoms with Crippen LogP contribution in [0.5, 0.6) is 0 Å². The number of pyridine rings is 1. The molecule has 1 rings (SSSR count). The second-order valence-corrected chi connectivity index (χ2v) is 6.49. The topological polar surface area (TPSA) is 76.1 Å². The molecule has 0 fully saturated rings. The lowest BCUT2D eigenvalue weighted by molar-refractivity contribution is -0.329. The lowest BCUT2D eigenvalue weighted by atomic mass is 9.99. The smallest absolute Gasteiger partial charge is 0.268 e. The minimum Gasteiger partial charge on any atom is -0.268 e. The van der Waals surface area contributed by atoms with Gasteiger partial charge < -0.3 is 0 Å². The van der Waals surface area contributed by atoms with Crippen LogP contribution in [0.1, 0.15) is 17.3 Å². The zero-order valence-electron chi connectivity index (χ0n) is 11.9. The minimum atomic E-state index is -6.76. The number of nitrogens with zero attached hydrogens (tertiary/aromatic N) is 1. The summed E-state index contributed by atoms with van der Waals surface area (Å²) in [6, 6.07) is 1.90. The first-order valence-electron chi connectivity index (χ1n) is 5.97. The quantitative estimate of drug-likeness (QED) is 0.772. The van der Waals surface area contributed by atoms with E-state index in [4.69, 9.17) is 0 Å². The monoisotopic (exact) mass is 400 g/mol. The van der Waals surface area contributed by atoms with E-state index in [1.54, 1.807) is 0 Å². The summed E-state index contributed by atoms with van der Waals surface area (Å²) in [7, 11) is -6.76. The zero-order valence-corrected chi connectivity index (χ0v) is 12.7. The number of carbonyl (C=O) groups excluding carboxylic acids is 1. The average Bonchev–Trinajstić information content (AvgIpc) is 2.45. The van der Waals surface area contributed by atoms with Gasteiger partial charge in [-0.05, 0) is 19.1 Å². The minimum absolute atomic E-state index is 0.472. The Balaban J connectivity index is 3.29. The first-order valence-corrected chi connectivity index (χ1v) is 7.45. The highest BCUT2D eigenvalue weighted by molar-refractivity contribution is 7.91. The first-order chi connectivity index (χ1) is 11.0. The number of hydrogen-bond acceptors (Lipinski definition) is 4. The summed E-state index contributed by atoms with van der Waals surface area (Å²) >= 11 is 0. The lowest BCUT2D eigenvalue weighted by Crippen LogP contribution is -2.65. The number of carbonyl (C=O) groups is 1. The molecule has 0 spiro atoms. The molecule has 0 aromatic carbocycles. The Hall–Kier alpha value is -1.99. The number of sulfonamides is 1. The van der Waals surface area contributed by atoms with Crippen molar-refractivity contribution >= 4 is 15.9 Å². The second kappa shape index (κ2) is 6.07. The summed E-state index contributed by atoms with van der Waals surface area (Å²) in [5, 5.41) is -6.61. The predicted octanol–water partition coefficient (Wildman–Crippen LogP) is 2.66. The summed E-state index contributed by atoms with van der Waals surface area (Å²) in [6.45, 7) is -0.945. The van der Waals surface area contributed by atoms with Gasteiger partial charge >= 0.3 is 27.4 Å². The molecule has 5 nitrogen and oxygen atoms in total. The highest BCUT2D eigenvalue weighted by Crippen LogP contribution is 2.53. The number of halogens is 8. The first kappa shape index (κ1) is 21.1. The fraction of sp³-hybridized carbons (Fsp3) is 0.455. The van der Waals surface area contributed by atoms with E-state index in [-0.39, 0.29) is 0 Å². The van der Waals surface area contributed by atoms with E-state index in [9.17, 15) is 48.3 Å². The predicted molar refractivity (Wildman–Crippen MR) is 66.1 cm³/mol. The Labute approximate surface area is 135 Å². The summed E-state index contributed by atoms with van der Waals surface area (Å²) in [4.78, 5) is 14.8. The van der Waals surface area contributed by atoms with E-state index in [0.717, 1.165) is 18.3 Å². The zero-order chi connectivity index (χ0) is 19.9. The van der Waals surface area contributed by atoms with Gasteiger partial charge in [-0.15, -0.1) is 0 Å². The van der Waals surface area contributed by atoms with Crippen molar-refractivity contribution < 1.29 is 48.3 Å². The molecule has 1 atom stereocenters. The van der Waals surface area contributed by atoms with Crippen LogP contribution in [0.4, 0.5) is 35.1 Å².